The van der Waals surface area contributed by atoms with Gasteiger partial charge in [-0.1, -0.05) is 0 Å². The number of thiol groups is 2. The van der Waals surface area contributed by atoms with Crippen molar-refractivity contribution in [1.82, 2.24) is 10.6 Å². The molecule has 0 aromatic carbocycles. The van der Waals surface area contributed by atoms with Gasteiger partial charge in [-0.3, -0.25) is 9.59 Å². The second kappa shape index (κ2) is 6.39. The molecule has 0 fully saturated rings. The molecule has 112 valence electrons. The van der Waals surface area contributed by atoms with Gasteiger partial charge in [0.2, 0.25) is 11.8 Å². The molecule has 0 aliphatic carbocycles. The van der Waals surface area contributed by atoms with Crippen LogP contribution >= 0.6 is 25.3 Å². The summed E-state index contributed by atoms with van der Waals surface area (Å²) in [5, 5.41) is 5.49. The van der Waals surface area contributed by atoms with Gasteiger partial charge in [-0.05, 0) is 41.5 Å². The molecule has 0 unspecified atom stereocenters. The average Bonchev–Trinajstić information content (AvgIpc) is 2.20. The van der Waals surface area contributed by atoms with Crippen molar-refractivity contribution in [2.45, 2.75) is 51.0 Å². The zero-order valence-corrected chi connectivity index (χ0v) is 14.4. The first-order valence-electron chi connectivity index (χ1n) is 6.27. The molecule has 0 aromatic heterocycles. The van der Waals surface area contributed by atoms with Crippen LogP contribution in [0.3, 0.4) is 0 Å². The topological polar surface area (TPSA) is 58.2 Å². The minimum Gasteiger partial charge on any atom is -0.354 e. The molecule has 0 aliphatic heterocycles. The Kier molecular flexibility index (Phi) is 6.27. The molecule has 19 heavy (non-hydrogen) atoms. The second-order valence-electron chi connectivity index (χ2n) is 6.62. The summed E-state index contributed by atoms with van der Waals surface area (Å²) in [6.07, 6.45) is 0. The lowest BCUT2D eigenvalue weighted by atomic mass is 9.90. The SMILES string of the molecule is CC(C)(S)CNC(=O)C(C)(C)C(=O)NCC(C)(C)S. The highest BCUT2D eigenvalue weighted by atomic mass is 32.1. The summed E-state index contributed by atoms with van der Waals surface area (Å²) in [6.45, 7) is 11.6. The fourth-order valence-electron chi connectivity index (χ4n) is 1.14. The molecule has 0 aliphatic rings. The van der Waals surface area contributed by atoms with Crippen LogP contribution in [0.4, 0.5) is 0 Å². The van der Waals surface area contributed by atoms with Crippen molar-refractivity contribution in [3.63, 3.8) is 0 Å². The van der Waals surface area contributed by atoms with Gasteiger partial charge in [0.1, 0.15) is 5.41 Å². The maximum atomic E-state index is 12.1. The standard InChI is InChI=1S/C13H26N2O2S2/c1-11(2,18)7-14-9(16)13(5,6)10(17)15-8-12(3,4)19/h18-19H,7-8H2,1-6H3,(H,14,16)(H,15,17). The average molecular weight is 306 g/mol. The van der Waals surface area contributed by atoms with Gasteiger partial charge in [-0.2, -0.15) is 25.3 Å². The minimum atomic E-state index is -1.11. The number of hydrogen-bond acceptors (Lipinski definition) is 4. The molecule has 0 saturated heterocycles. The molecule has 2 amide bonds. The molecule has 0 rings (SSSR count). The van der Waals surface area contributed by atoms with E-state index in [2.05, 4.69) is 35.9 Å². The third-order valence-electron chi connectivity index (χ3n) is 2.50. The van der Waals surface area contributed by atoms with Crippen molar-refractivity contribution < 1.29 is 9.59 Å². The van der Waals surface area contributed by atoms with Crippen molar-refractivity contribution in [3.8, 4) is 0 Å². The van der Waals surface area contributed by atoms with Crippen LogP contribution in [0.15, 0.2) is 0 Å². The zero-order valence-electron chi connectivity index (χ0n) is 12.6. The summed E-state index contributed by atoms with van der Waals surface area (Å²) < 4.78 is -0.620. The molecule has 0 spiro atoms. The zero-order chi connectivity index (χ0) is 15.5. The number of amides is 2. The van der Waals surface area contributed by atoms with Crippen molar-refractivity contribution in [3.05, 3.63) is 0 Å². The maximum Gasteiger partial charge on any atom is 0.235 e. The van der Waals surface area contributed by atoms with Crippen LogP contribution in [0.5, 0.6) is 0 Å². The van der Waals surface area contributed by atoms with Crippen LogP contribution in [-0.4, -0.2) is 34.4 Å². The van der Waals surface area contributed by atoms with Gasteiger partial charge in [0.15, 0.2) is 0 Å². The van der Waals surface area contributed by atoms with E-state index in [1.807, 2.05) is 27.7 Å². The van der Waals surface area contributed by atoms with Gasteiger partial charge < -0.3 is 10.6 Å². The second-order valence-corrected chi connectivity index (χ2v) is 9.04. The molecule has 0 heterocycles. The minimum absolute atomic E-state index is 0.302. The first-order valence-corrected chi connectivity index (χ1v) is 7.16. The van der Waals surface area contributed by atoms with Crippen LogP contribution < -0.4 is 10.6 Å². The summed E-state index contributed by atoms with van der Waals surface area (Å²) in [5.41, 5.74) is -1.11. The third-order valence-corrected chi connectivity index (χ3v) is 2.81. The number of nitrogens with one attached hydrogen (secondary N) is 2. The molecule has 0 radical (unpaired) electrons. The van der Waals surface area contributed by atoms with Crippen LogP contribution in [0.1, 0.15) is 41.5 Å². The van der Waals surface area contributed by atoms with E-state index in [1.54, 1.807) is 13.8 Å². The van der Waals surface area contributed by atoms with E-state index in [0.29, 0.717) is 13.1 Å². The Bertz CT molecular complexity index is 310. The Morgan fingerprint density at radius 3 is 1.26 bits per heavy atom. The van der Waals surface area contributed by atoms with Gasteiger partial charge in [0.05, 0.1) is 0 Å². The first kappa shape index (κ1) is 18.6. The Morgan fingerprint density at radius 2 is 1.05 bits per heavy atom. The lowest BCUT2D eigenvalue weighted by molar-refractivity contribution is -0.141. The summed E-state index contributed by atoms with van der Waals surface area (Å²) in [5.74, 6) is -0.604. The largest absolute Gasteiger partial charge is 0.354 e. The Hall–Kier alpha value is -0.360. The Labute approximate surface area is 127 Å². The number of carbonyl (C=O) groups is 2. The van der Waals surface area contributed by atoms with Gasteiger partial charge >= 0.3 is 0 Å². The molecule has 0 bridgehead atoms. The fourth-order valence-corrected chi connectivity index (χ4v) is 1.30. The van der Waals surface area contributed by atoms with E-state index in [9.17, 15) is 9.59 Å². The smallest absolute Gasteiger partial charge is 0.235 e. The predicted molar refractivity (Wildman–Crippen MR) is 85.9 cm³/mol. The fraction of sp³-hybridized carbons (Fsp3) is 0.846. The molecule has 0 saturated carbocycles. The van der Waals surface area contributed by atoms with E-state index in [1.165, 1.54) is 0 Å². The first-order chi connectivity index (χ1) is 8.26. The van der Waals surface area contributed by atoms with Crippen LogP contribution in [-0.2, 0) is 9.59 Å². The monoisotopic (exact) mass is 306 g/mol. The third kappa shape index (κ3) is 7.72. The van der Waals surface area contributed by atoms with Gasteiger partial charge in [0.25, 0.3) is 0 Å². The van der Waals surface area contributed by atoms with Gasteiger partial charge in [-0.25, -0.2) is 0 Å². The van der Waals surface area contributed by atoms with E-state index < -0.39 is 5.41 Å². The molecule has 0 atom stereocenters. The highest BCUT2D eigenvalue weighted by Gasteiger charge is 2.36. The number of carbonyl (C=O) groups excluding carboxylic acids is 2. The lowest BCUT2D eigenvalue weighted by Gasteiger charge is -2.27. The molecule has 4 nitrogen and oxygen atoms in total. The van der Waals surface area contributed by atoms with E-state index in [4.69, 9.17) is 0 Å². The van der Waals surface area contributed by atoms with E-state index in [-0.39, 0.29) is 21.3 Å². The van der Waals surface area contributed by atoms with E-state index >= 15 is 0 Å². The van der Waals surface area contributed by atoms with Crippen LogP contribution in [0, 0.1) is 5.41 Å². The quantitative estimate of drug-likeness (QED) is 0.446. The Balaban J connectivity index is 4.51. The summed E-state index contributed by atoms with van der Waals surface area (Å²) >= 11 is 8.66. The molecular weight excluding hydrogens is 280 g/mol. The maximum absolute atomic E-state index is 12.1. The van der Waals surface area contributed by atoms with Crippen molar-refractivity contribution in [1.29, 1.82) is 0 Å². The number of rotatable bonds is 6. The highest BCUT2D eigenvalue weighted by Crippen LogP contribution is 2.18. The lowest BCUT2D eigenvalue weighted by Crippen LogP contribution is -2.51. The van der Waals surface area contributed by atoms with Crippen LogP contribution in [0.25, 0.3) is 0 Å². The highest BCUT2D eigenvalue weighted by molar-refractivity contribution is 7.82. The normalized spacial score (nSPS) is 13.1. The number of hydrogen-bond donors (Lipinski definition) is 4. The molecule has 2 N–H and O–H groups in total. The van der Waals surface area contributed by atoms with Crippen molar-refractivity contribution >= 4 is 37.1 Å². The predicted octanol–water partition coefficient (Wildman–Crippen LogP) is 1.66. The molecule has 0 aromatic rings. The van der Waals surface area contributed by atoms with Crippen molar-refractivity contribution in [2.75, 3.05) is 13.1 Å². The summed E-state index contributed by atoms with van der Waals surface area (Å²) in [6, 6.07) is 0. The van der Waals surface area contributed by atoms with E-state index in [0.717, 1.165) is 0 Å². The van der Waals surface area contributed by atoms with Crippen molar-refractivity contribution in [2.24, 2.45) is 5.41 Å². The van der Waals surface area contributed by atoms with Gasteiger partial charge in [0, 0.05) is 22.6 Å². The van der Waals surface area contributed by atoms with Crippen LogP contribution in [0.2, 0.25) is 0 Å². The van der Waals surface area contributed by atoms with Gasteiger partial charge in [-0.15, -0.1) is 0 Å². The summed E-state index contributed by atoms with van der Waals surface area (Å²) in [4.78, 5) is 24.1. The summed E-state index contributed by atoms with van der Waals surface area (Å²) in [7, 11) is 0. The molecule has 6 heteroatoms. The molecular formula is C13H26N2O2S2. The Morgan fingerprint density at radius 1 is 0.789 bits per heavy atom.